The Balaban J connectivity index is 1.52. The number of halogens is 1. The molecule has 6 heteroatoms. The zero-order valence-corrected chi connectivity index (χ0v) is 18.0. The third-order valence-corrected chi connectivity index (χ3v) is 6.25. The molecule has 2 saturated heterocycles. The summed E-state index contributed by atoms with van der Waals surface area (Å²) in [4.78, 5) is 30.6. The maximum absolute atomic E-state index is 13.4. The summed E-state index contributed by atoms with van der Waals surface area (Å²) >= 11 is 6.04. The van der Waals surface area contributed by atoms with Crippen molar-refractivity contribution in [2.75, 3.05) is 44.3 Å². The summed E-state index contributed by atoms with van der Waals surface area (Å²) in [5.74, 6) is -0.0799. The van der Waals surface area contributed by atoms with E-state index in [1.165, 1.54) is 0 Å². The number of piperidine rings is 1. The molecule has 2 fully saturated rings. The van der Waals surface area contributed by atoms with Gasteiger partial charge in [-0.1, -0.05) is 23.7 Å². The van der Waals surface area contributed by atoms with E-state index >= 15 is 0 Å². The quantitative estimate of drug-likeness (QED) is 0.687. The first-order chi connectivity index (χ1) is 14.5. The predicted octanol–water partition coefficient (Wildman–Crippen LogP) is 4.22. The molecular formula is C24H27ClN2O3. The highest BCUT2D eigenvalue weighted by Gasteiger charge is 2.31. The molecule has 2 aliphatic rings. The van der Waals surface area contributed by atoms with Crippen molar-refractivity contribution in [2.24, 2.45) is 5.92 Å². The SMILES string of the molecule is Cc1cc(Cl)ccc1C(=O)C1CCCN(C(=O)c2ccccc2N2CCOCC2)C1. The van der Waals surface area contributed by atoms with Gasteiger partial charge in [0, 0.05) is 48.4 Å². The number of carbonyl (C=O) groups is 2. The third-order valence-electron chi connectivity index (χ3n) is 6.02. The zero-order chi connectivity index (χ0) is 21.1. The van der Waals surface area contributed by atoms with Crippen LogP contribution in [0, 0.1) is 12.8 Å². The van der Waals surface area contributed by atoms with Crippen molar-refractivity contribution in [1.29, 1.82) is 0 Å². The molecule has 2 heterocycles. The number of hydrogen-bond acceptors (Lipinski definition) is 4. The molecule has 0 N–H and O–H groups in total. The summed E-state index contributed by atoms with van der Waals surface area (Å²) in [5, 5.41) is 0.629. The Bertz CT molecular complexity index is 940. The molecule has 158 valence electrons. The summed E-state index contributed by atoms with van der Waals surface area (Å²) < 4.78 is 5.45. The summed E-state index contributed by atoms with van der Waals surface area (Å²) in [7, 11) is 0. The van der Waals surface area contributed by atoms with Gasteiger partial charge >= 0.3 is 0 Å². The Morgan fingerprint density at radius 2 is 1.80 bits per heavy atom. The lowest BCUT2D eigenvalue weighted by Crippen LogP contribution is -2.43. The van der Waals surface area contributed by atoms with Crippen LogP contribution in [-0.2, 0) is 4.74 Å². The van der Waals surface area contributed by atoms with Crippen LogP contribution in [0.5, 0.6) is 0 Å². The predicted molar refractivity (Wildman–Crippen MR) is 119 cm³/mol. The largest absolute Gasteiger partial charge is 0.378 e. The second kappa shape index (κ2) is 9.19. The first-order valence-electron chi connectivity index (χ1n) is 10.6. The Labute approximate surface area is 182 Å². The normalized spacial score (nSPS) is 19.6. The van der Waals surface area contributed by atoms with Crippen molar-refractivity contribution in [1.82, 2.24) is 4.90 Å². The van der Waals surface area contributed by atoms with Crippen LogP contribution in [0.4, 0.5) is 5.69 Å². The van der Waals surface area contributed by atoms with Crippen LogP contribution in [0.3, 0.4) is 0 Å². The smallest absolute Gasteiger partial charge is 0.255 e. The molecule has 30 heavy (non-hydrogen) atoms. The Hall–Kier alpha value is -2.37. The summed E-state index contributed by atoms with van der Waals surface area (Å²) in [6.45, 7) is 5.94. The molecule has 1 atom stereocenters. The van der Waals surface area contributed by atoms with Crippen molar-refractivity contribution < 1.29 is 14.3 Å². The van der Waals surface area contributed by atoms with Crippen LogP contribution in [0.25, 0.3) is 0 Å². The van der Waals surface area contributed by atoms with E-state index in [0.29, 0.717) is 42.5 Å². The first-order valence-corrected chi connectivity index (χ1v) is 10.9. The molecule has 2 aliphatic heterocycles. The molecule has 1 unspecified atom stereocenters. The monoisotopic (exact) mass is 426 g/mol. The molecule has 0 radical (unpaired) electrons. The summed E-state index contributed by atoms with van der Waals surface area (Å²) in [6, 6.07) is 13.1. The van der Waals surface area contributed by atoms with Crippen LogP contribution >= 0.6 is 11.6 Å². The van der Waals surface area contributed by atoms with Gasteiger partial charge in [0.15, 0.2) is 5.78 Å². The van der Waals surface area contributed by atoms with Crippen LogP contribution in [0.1, 0.15) is 39.1 Å². The highest BCUT2D eigenvalue weighted by Crippen LogP contribution is 2.28. The lowest BCUT2D eigenvalue weighted by molar-refractivity contribution is 0.0636. The second-order valence-corrected chi connectivity index (χ2v) is 8.47. The van der Waals surface area contributed by atoms with E-state index in [-0.39, 0.29) is 17.6 Å². The first kappa shape index (κ1) is 20.9. The van der Waals surface area contributed by atoms with Gasteiger partial charge in [0.1, 0.15) is 0 Å². The number of ether oxygens (including phenoxy) is 1. The number of para-hydroxylation sites is 1. The van der Waals surface area contributed by atoms with Crippen molar-refractivity contribution in [3.8, 4) is 0 Å². The standard InChI is InChI=1S/C24H27ClN2O3/c1-17-15-19(25)8-9-20(17)23(28)18-5-4-10-27(16-18)24(29)21-6-2-3-7-22(21)26-11-13-30-14-12-26/h2-3,6-9,15,18H,4-5,10-14,16H2,1H3. The molecule has 0 bridgehead atoms. The summed E-state index contributed by atoms with van der Waals surface area (Å²) in [6.07, 6.45) is 1.63. The van der Waals surface area contributed by atoms with Gasteiger partial charge in [-0.05, 0) is 55.7 Å². The number of Topliss-reactive ketones (excluding diaryl/α,β-unsaturated/α-hetero) is 1. The van der Waals surface area contributed by atoms with Crippen molar-refractivity contribution >= 4 is 29.0 Å². The van der Waals surface area contributed by atoms with E-state index in [1.54, 1.807) is 12.1 Å². The van der Waals surface area contributed by atoms with Crippen LogP contribution in [0.2, 0.25) is 5.02 Å². The van der Waals surface area contributed by atoms with E-state index in [4.69, 9.17) is 16.3 Å². The second-order valence-electron chi connectivity index (χ2n) is 8.03. The van der Waals surface area contributed by atoms with Gasteiger partial charge in [0.05, 0.1) is 18.8 Å². The van der Waals surface area contributed by atoms with E-state index in [1.807, 2.05) is 42.2 Å². The minimum atomic E-state index is -0.182. The fourth-order valence-electron chi connectivity index (χ4n) is 4.40. The molecule has 1 amide bonds. The van der Waals surface area contributed by atoms with Gasteiger partial charge in [0.25, 0.3) is 5.91 Å². The van der Waals surface area contributed by atoms with Crippen molar-refractivity contribution in [2.45, 2.75) is 19.8 Å². The van der Waals surface area contributed by atoms with E-state index in [0.717, 1.165) is 37.2 Å². The number of aryl methyl sites for hydroxylation is 1. The number of likely N-dealkylation sites (tertiary alicyclic amines) is 1. The number of ketones is 1. The molecule has 0 spiro atoms. The van der Waals surface area contributed by atoms with Crippen molar-refractivity contribution in [3.05, 3.63) is 64.2 Å². The molecule has 2 aromatic rings. The van der Waals surface area contributed by atoms with E-state index in [2.05, 4.69) is 4.90 Å². The molecule has 4 rings (SSSR count). The lowest BCUT2D eigenvalue weighted by Gasteiger charge is -2.34. The topological polar surface area (TPSA) is 49.9 Å². The average Bonchev–Trinajstić information content (AvgIpc) is 2.79. The number of carbonyl (C=O) groups excluding carboxylic acids is 2. The number of morpholine rings is 1. The summed E-state index contributed by atoms with van der Waals surface area (Å²) in [5.41, 5.74) is 3.24. The minimum absolute atomic E-state index is 0.00224. The Morgan fingerprint density at radius 3 is 2.57 bits per heavy atom. The minimum Gasteiger partial charge on any atom is -0.378 e. The molecule has 0 aromatic heterocycles. The average molecular weight is 427 g/mol. The molecule has 0 saturated carbocycles. The maximum Gasteiger partial charge on any atom is 0.255 e. The Morgan fingerprint density at radius 1 is 1.03 bits per heavy atom. The van der Waals surface area contributed by atoms with Gasteiger partial charge in [-0.2, -0.15) is 0 Å². The van der Waals surface area contributed by atoms with Gasteiger partial charge in [-0.25, -0.2) is 0 Å². The number of nitrogens with zero attached hydrogens (tertiary/aromatic N) is 2. The molecular weight excluding hydrogens is 400 g/mol. The van der Waals surface area contributed by atoms with Gasteiger partial charge in [-0.3, -0.25) is 9.59 Å². The van der Waals surface area contributed by atoms with Crippen LogP contribution in [-0.4, -0.2) is 56.0 Å². The van der Waals surface area contributed by atoms with Crippen molar-refractivity contribution in [3.63, 3.8) is 0 Å². The highest BCUT2D eigenvalue weighted by molar-refractivity contribution is 6.30. The third kappa shape index (κ3) is 4.37. The van der Waals surface area contributed by atoms with E-state index in [9.17, 15) is 9.59 Å². The number of amides is 1. The molecule has 2 aromatic carbocycles. The maximum atomic E-state index is 13.4. The Kier molecular flexibility index (Phi) is 6.40. The van der Waals surface area contributed by atoms with E-state index < -0.39 is 0 Å². The number of rotatable bonds is 4. The van der Waals surface area contributed by atoms with Gasteiger partial charge in [-0.15, -0.1) is 0 Å². The van der Waals surface area contributed by atoms with Gasteiger partial charge < -0.3 is 14.5 Å². The zero-order valence-electron chi connectivity index (χ0n) is 17.3. The number of benzene rings is 2. The molecule has 0 aliphatic carbocycles. The lowest BCUT2D eigenvalue weighted by atomic mass is 9.88. The number of hydrogen-bond donors (Lipinski definition) is 0. The fourth-order valence-corrected chi connectivity index (χ4v) is 4.63. The highest BCUT2D eigenvalue weighted by atomic mass is 35.5. The molecule has 5 nitrogen and oxygen atoms in total. The van der Waals surface area contributed by atoms with Crippen LogP contribution < -0.4 is 4.90 Å². The van der Waals surface area contributed by atoms with Crippen LogP contribution in [0.15, 0.2) is 42.5 Å². The number of anilines is 1. The van der Waals surface area contributed by atoms with Gasteiger partial charge in [0.2, 0.25) is 0 Å². The fraction of sp³-hybridized carbons (Fsp3) is 0.417.